The van der Waals surface area contributed by atoms with Crippen molar-refractivity contribution in [3.8, 4) is 0 Å². The second-order valence-electron chi connectivity index (χ2n) is 3.65. The standard InChI is InChI=1S/C10H14O2/c1-6-4-7(2)10(8(3)11)9(12)5-6/h6H,4-5H2,1-3H3. The first-order valence-corrected chi connectivity index (χ1v) is 4.26. The van der Waals surface area contributed by atoms with Gasteiger partial charge in [-0.1, -0.05) is 12.5 Å². The van der Waals surface area contributed by atoms with Crippen molar-refractivity contribution >= 4 is 11.6 Å². The second-order valence-corrected chi connectivity index (χ2v) is 3.65. The largest absolute Gasteiger partial charge is 0.294 e. The van der Waals surface area contributed by atoms with E-state index in [-0.39, 0.29) is 11.6 Å². The zero-order valence-corrected chi connectivity index (χ0v) is 7.81. The lowest BCUT2D eigenvalue weighted by Gasteiger charge is -2.19. The number of carbonyl (C=O) groups is 2. The number of Topliss-reactive ketones (excluding diaryl/α,β-unsaturated/α-hetero) is 2. The van der Waals surface area contributed by atoms with Crippen molar-refractivity contribution in [2.75, 3.05) is 0 Å². The topological polar surface area (TPSA) is 34.1 Å². The molecule has 0 spiro atoms. The van der Waals surface area contributed by atoms with Gasteiger partial charge in [0.15, 0.2) is 11.6 Å². The molecule has 1 aliphatic carbocycles. The van der Waals surface area contributed by atoms with Crippen LogP contribution in [0.15, 0.2) is 11.1 Å². The van der Waals surface area contributed by atoms with Crippen molar-refractivity contribution in [1.29, 1.82) is 0 Å². The molecule has 0 aromatic carbocycles. The molecule has 0 radical (unpaired) electrons. The van der Waals surface area contributed by atoms with Crippen LogP contribution in [0.4, 0.5) is 0 Å². The lowest BCUT2D eigenvalue weighted by Crippen LogP contribution is -2.20. The van der Waals surface area contributed by atoms with Crippen molar-refractivity contribution in [3.63, 3.8) is 0 Å². The predicted octanol–water partition coefficient (Wildman–Crippen LogP) is 1.89. The number of hydrogen-bond donors (Lipinski definition) is 0. The summed E-state index contributed by atoms with van der Waals surface area (Å²) >= 11 is 0. The Labute approximate surface area is 72.7 Å². The summed E-state index contributed by atoms with van der Waals surface area (Å²) in [5.74, 6) is 0.351. The summed E-state index contributed by atoms with van der Waals surface area (Å²) in [6.45, 7) is 5.38. The highest BCUT2D eigenvalue weighted by atomic mass is 16.1. The van der Waals surface area contributed by atoms with Gasteiger partial charge in [-0.3, -0.25) is 9.59 Å². The van der Waals surface area contributed by atoms with Crippen LogP contribution in [0.1, 0.15) is 33.6 Å². The Kier molecular flexibility index (Phi) is 2.46. The second kappa shape index (κ2) is 3.21. The minimum absolute atomic E-state index is 0.0266. The lowest BCUT2D eigenvalue weighted by atomic mass is 9.83. The molecule has 2 heteroatoms. The summed E-state index contributed by atoms with van der Waals surface area (Å²) in [4.78, 5) is 22.4. The van der Waals surface area contributed by atoms with Gasteiger partial charge in [-0.2, -0.15) is 0 Å². The van der Waals surface area contributed by atoms with Crippen LogP contribution in [0.25, 0.3) is 0 Å². The molecule has 66 valence electrons. The summed E-state index contributed by atoms with van der Waals surface area (Å²) in [5.41, 5.74) is 1.42. The molecule has 0 bridgehead atoms. The number of allylic oxidation sites excluding steroid dienone is 2. The van der Waals surface area contributed by atoms with E-state index in [1.807, 2.05) is 13.8 Å². The molecular formula is C10H14O2. The van der Waals surface area contributed by atoms with Crippen LogP contribution in [0.5, 0.6) is 0 Å². The zero-order chi connectivity index (χ0) is 9.30. The van der Waals surface area contributed by atoms with E-state index in [9.17, 15) is 9.59 Å². The highest BCUT2D eigenvalue weighted by Crippen LogP contribution is 2.26. The van der Waals surface area contributed by atoms with Crippen LogP contribution in [-0.4, -0.2) is 11.6 Å². The first kappa shape index (κ1) is 9.17. The van der Waals surface area contributed by atoms with Crippen LogP contribution < -0.4 is 0 Å². The van der Waals surface area contributed by atoms with Gasteiger partial charge in [0.1, 0.15) is 0 Å². The number of hydrogen-bond acceptors (Lipinski definition) is 2. The van der Waals surface area contributed by atoms with Gasteiger partial charge in [-0.25, -0.2) is 0 Å². The van der Waals surface area contributed by atoms with E-state index in [1.165, 1.54) is 6.92 Å². The van der Waals surface area contributed by atoms with Gasteiger partial charge in [-0.15, -0.1) is 0 Å². The van der Waals surface area contributed by atoms with Crippen molar-refractivity contribution in [1.82, 2.24) is 0 Å². The molecule has 1 aliphatic rings. The van der Waals surface area contributed by atoms with Crippen LogP contribution >= 0.6 is 0 Å². The van der Waals surface area contributed by atoms with Crippen molar-refractivity contribution in [2.24, 2.45) is 5.92 Å². The fourth-order valence-electron chi connectivity index (χ4n) is 1.85. The lowest BCUT2D eigenvalue weighted by molar-refractivity contribution is -0.121. The molecule has 0 aliphatic heterocycles. The Bertz CT molecular complexity index is 261. The van der Waals surface area contributed by atoms with Crippen LogP contribution in [0, 0.1) is 5.92 Å². The summed E-state index contributed by atoms with van der Waals surface area (Å²) in [6.07, 6.45) is 1.42. The van der Waals surface area contributed by atoms with E-state index in [2.05, 4.69) is 0 Å². The SMILES string of the molecule is CC(=O)C1=C(C)CC(C)CC1=O. The van der Waals surface area contributed by atoms with Gasteiger partial charge in [0.25, 0.3) is 0 Å². The molecule has 0 N–H and O–H groups in total. The van der Waals surface area contributed by atoms with Gasteiger partial charge in [-0.05, 0) is 26.2 Å². The Morgan fingerprint density at radius 1 is 1.42 bits per heavy atom. The maximum Gasteiger partial charge on any atom is 0.166 e. The molecule has 0 aromatic rings. The van der Waals surface area contributed by atoms with E-state index < -0.39 is 0 Å². The van der Waals surface area contributed by atoms with Gasteiger partial charge in [0.2, 0.25) is 0 Å². The number of carbonyl (C=O) groups excluding carboxylic acids is 2. The van der Waals surface area contributed by atoms with Crippen LogP contribution in [-0.2, 0) is 9.59 Å². The van der Waals surface area contributed by atoms with Crippen molar-refractivity contribution in [2.45, 2.75) is 33.6 Å². The van der Waals surface area contributed by atoms with Crippen molar-refractivity contribution in [3.05, 3.63) is 11.1 Å². The van der Waals surface area contributed by atoms with E-state index in [0.717, 1.165) is 12.0 Å². The smallest absolute Gasteiger partial charge is 0.166 e. The fraction of sp³-hybridized carbons (Fsp3) is 0.600. The summed E-state index contributed by atoms with van der Waals surface area (Å²) in [6, 6.07) is 0. The molecule has 0 saturated carbocycles. The minimum atomic E-state index is -0.0793. The highest BCUT2D eigenvalue weighted by molar-refractivity contribution is 6.20. The fourth-order valence-corrected chi connectivity index (χ4v) is 1.85. The molecule has 0 heterocycles. The normalized spacial score (nSPS) is 24.6. The zero-order valence-electron chi connectivity index (χ0n) is 7.81. The molecule has 0 amide bonds. The maximum atomic E-state index is 11.4. The Morgan fingerprint density at radius 3 is 2.42 bits per heavy atom. The average molecular weight is 166 g/mol. The van der Waals surface area contributed by atoms with E-state index in [4.69, 9.17) is 0 Å². The molecule has 1 unspecified atom stereocenters. The van der Waals surface area contributed by atoms with E-state index in [0.29, 0.717) is 17.9 Å². The highest BCUT2D eigenvalue weighted by Gasteiger charge is 2.25. The minimum Gasteiger partial charge on any atom is -0.294 e. The first-order valence-electron chi connectivity index (χ1n) is 4.26. The number of ketones is 2. The van der Waals surface area contributed by atoms with Gasteiger partial charge >= 0.3 is 0 Å². The molecule has 0 saturated heterocycles. The molecule has 1 rings (SSSR count). The Balaban J connectivity index is 3.01. The van der Waals surface area contributed by atoms with E-state index >= 15 is 0 Å². The third kappa shape index (κ3) is 1.63. The average Bonchev–Trinajstić information content (AvgIpc) is 1.82. The summed E-state index contributed by atoms with van der Waals surface area (Å²) < 4.78 is 0. The summed E-state index contributed by atoms with van der Waals surface area (Å²) in [5, 5.41) is 0. The molecule has 1 atom stereocenters. The Morgan fingerprint density at radius 2 is 2.00 bits per heavy atom. The van der Waals surface area contributed by atoms with E-state index in [1.54, 1.807) is 0 Å². The Hall–Kier alpha value is -0.920. The monoisotopic (exact) mass is 166 g/mol. The molecule has 0 aromatic heterocycles. The van der Waals surface area contributed by atoms with Gasteiger partial charge < -0.3 is 0 Å². The quantitative estimate of drug-likeness (QED) is 0.557. The maximum absolute atomic E-state index is 11.4. The van der Waals surface area contributed by atoms with Gasteiger partial charge in [0, 0.05) is 6.42 Å². The first-order chi connectivity index (χ1) is 5.52. The third-order valence-corrected chi connectivity index (χ3v) is 2.25. The van der Waals surface area contributed by atoms with Crippen LogP contribution in [0.3, 0.4) is 0 Å². The molecule has 0 fully saturated rings. The molecular weight excluding hydrogens is 152 g/mol. The van der Waals surface area contributed by atoms with Crippen molar-refractivity contribution < 1.29 is 9.59 Å². The third-order valence-electron chi connectivity index (χ3n) is 2.25. The molecule has 12 heavy (non-hydrogen) atoms. The molecule has 2 nitrogen and oxygen atoms in total. The number of rotatable bonds is 1. The van der Waals surface area contributed by atoms with Gasteiger partial charge in [0.05, 0.1) is 5.57 Å². The predicted molar refractivity (Wildman–Crippen MR) is 46.8 cm³/mol. The van der Waals surface area contributed by atoms with Crippen LogP contribution in [0.2, 0.25) is 0 Å². The summed E-state index contributed by atoms with van der Waals surface area (Å²) in [7, 11) is 0.